The van der Waals surface area contributed by atoms with E-state index in [-0.39, 0.29) is 23.2 Å². The summed E-state index contributed by atoms with van der Waals surface area (Å²) in [6.45, 7) is 8.98. The molecule has 218 valence electrons. The molecule has 4 rings (SSSR count). The number of aromatic nitrogens is 2. The van der Waals surface area contributed by atoms with Crippen molar-refractivity contribution in [2.75, 3.05) is 23.3 Å². The first-order valence-corrected chi connectivity index (χ1v) is 13.9. The Labute approximate surface area is 246 Å². The minimum atomic E-state index is -0.506. The van der Waals surface area contributed by atoms with Gasteiger partial charge in [0.2, 0.25) is 0 Å². The van der Waals surface area contributed by atoms with Gasteiger partial charge in [0.15, 0.2) is 5.82 Å². The second-order valence-corrected chi connectivity index (χ2v) is 11.1. The number of aryl methyl sites for hydroxylation is 1. The Balaban J connectivity index is 1.67. The smallest absolute Gasteiger partial charge is 0.293 e. The second kappa shape index (κ2) is 12.8. The molecule has 4 N–H and O–H groups in total. The van der Waals surface area contributed by atoms with Crippen LogP contribution in [0.4, 0.5) is 17.2 Å². The van der Waals surface area contributed by atoms with Crippen LogP contribution in [0.2, 0.25) is 0 Å². The summed E-state index contributed by atoms with van der Waals surface area (Å²) in [5.74, 6) is -0.139. The first-order chi connectivity index (χ1) is 20.0. The van der Waals surface area contributed by atoms with Gasteiger partial charge in [-0.2, -0.15) is 0 Å². The van der Waals surface area contributed by atoms with E-state index in [9.17, 15) is 14.4 Å². The highest BCUT2D eigenvalue weighted by Gasteiger charge is 2.30. The van der Waals surface area contributed by atoms with E-state index in [0.717, 1.165) is 16.8 Å². The first-order valence-electron chi connectivity index (χ1n) is 13.9. The third-order valence-corrected chi connectivity index (χ3v) is 6.86. The standard InChI is InChI=1S/C33H38N6O3/c1-22-26(13-9-14-28(22)39(33(2,3)4)31(41)24-11-7-6-8-12-24)27-21-38(5)32(42)29(37-27)36-25-17-15-23(16-18-25)30(40)35-20-10-19-34/h6-9,11-18,21H,10,19-20,34H2,1-5H3,(H,35,40)(H,36,37). The molecule has 0 bridgehead atoms. The van der Waals surface area contributed by atoms with Crippen molar-refractivity contribution in [3.8, 4) is 11.3 Å². The number of carbonyl (C=O) groups is 2. The summed E-state index contributed by atoms with van der Waals surface area (Å²) >= 11 is 0. The number of benzene rings is 3. The number of nitrogens with zero attached hydrogens (tertiary/aromatic N) is 3. The Morgan fingerprint density at radius 3 is 2.29 bits per heavy atom. The highest BCUT2D eigenvalue weighted by Crippen LogP contribution is 2.34. The third kappa shape index (κ3) is 6.75. The maximum absolute atomic E-state index is 13.7. The Bertz CT molecular complexity index is 1620. The van der Waals surface area contributed by atoms with Crippen molar-refractivity contribution >= 4 is 29.0 Å². The Morgan fingerprint density at radius 2 is 1.64 bits per heavy atom. The fourth-order valence-corrected chi connectivity index (χ4v) is 4.69. The Kier molecular flexibility index (Phi) is 9.22. The Hall–Kier alpha value is -4.76. The van der Waals surface area contributed by atoms with E-state index in [2.05, 4.69) is 10.6 Å². The molecule has 0 saturated carbocycles. The number of hydrogen-bond acceptors (Lipinski definition) is 6. The summed E-state index contributed by atoms with van der Waals surface area (Å²) in [5.41, 5.74) is 9.41. The summed E-state index contributed by atoms with van der Waals surface area (Å²) in [5, 5.41) is 5.93. The average Bonchev–Trinajstić information content (AvgIpc) is 2.96. The monoisotopic (exact) mass is 566 g/mol. The molecule has 9 nitrogen and oxygen atoms in total. The molecule has 1 heterocycles. The normalized spacial score (nSPS) is 11.2. The van der Waals surface area contributed by atoms with Crippen LogP contribution in [-0.4, -0.2) is 40.0 Å². The van der Waals surface area contributed by atoms with Crippen LogP contribution in [-0.2, 0) is 7.05 Å². The average molecular weight is 567 g/mol. The van der Waals surface area contributed by atoms with Crippen molar-refractivity contribution in [1.82, 2.24) is 14.9 Å². The van der Waals surface area contributed by atoms with Crippen LogP contribution in [0.5, 0.6) is 0 Å². The minimum absolute atomic E-state index is 0.101. The van der Waals surface area contributed by atoms with Crippen LogP contribution in [0.25, 0.3) is 11.3 Å². The van der Waals surface area contributed by atoms with Gasteiger partial charge in [0, 0.05) is 53.4 Å². The van der Waals surface area contributed by atoms with E-state index >= 15 is 0 Å². The molecule has 0 atom stereocenters. The highest BCUT2D eigenvalue weighted by molar-refractivity contribution is 6.07. The molecule has 0 unspecified atom stereocenters. The maximum atomic E-state index is 13.7. The number of carbonyl (C=O) groups excluding carboxylic acids is 2. The summed E-state index contributed by atoms with van der Waals surface area (Å²) in [6, 6.07) is 21.8. The van der Waals surface area contributed by atoms with Crippen molar-refractivity contribution in [1.29, 1.82) is 0 Å². The second-order valence-electron chi connectivity index (χ2n) is 11.1. The van der Waals surface area contributed by atoms with Gasteiger partial charge in [-0.05, 0) is 88.7 Å². The van der Waals surface area contributed by atoms with Gasteiger partial charge in [-0.15, -0.1) is 0 Å². The summed E-state index contributed by atoms with van der Waals surface area (Å²) in [7, 11) is 1.67. The summed E-state index contributed by atoms with van der Waals surface area (Å²) < 4.78 is 1.48. The van der Waals surface area contributed by atoms with Gasteiger partial charge in [-0.1, -0.05) is 30.3 Å². The molecule has 0 aliphatic rings. The molecule has 0 aliphatic carbocycles. The first kappa shape index (κ1) is 30.2. The van der Waals surface area contributed by atoms with E-state index in [0.29, 0.717) is 42.0 Å². The highest BCUT2D eigenvalue weighted by atomic mass is 16.2. The molecule has 0 radical (unpaired) electrons. The SMILES string of the molecule is Cc1c(-c2cn(C)c(=O)c(Nc3ccc(C(=O)NCCCN)cc3)n2)cccc1N(C(=O)c1ccccc1)C(C)(C)C. The molecule has 2 amide bonds. The van der Waals surface area contributed by atoms with Crippen LogP contribution < -0.4 is 26.8 Å². The van der Waals surface area contributed by atoms with Gasteiger partial charge < -0.3 is 25.8 Å². The van der Waals surface area contributed by atoms with Gasteiger partial charge in [0.25, 0.3) is 17.4 Å². The molecular formula is C33H38N6O3. The number of anilines is 3. The van der Waals surface area contributed by atoms with E-state index in [1.165, 1.54) is 4.57 Å². The van der Waals surface area contributed by atoms with Crippen LogP contribution in [0, 0.1) is 6.92 Å². The predicted molar refractivity (Wildman–Crippen MR) is 168 cm³/mol. The minimum Gasteiger partial charge on any atom is -0.352 e. The van der Waals surface area contributed by atoms with Crippen molar-refractivity contribution < 1.29 is 9.59 Å². The van der Waals surface area contributed by atoms with E-state index in [1.54, 1.807) is 42.4 Å². The molecule has 0 spiro atoms. The van der Waals surface area contributed by atoms with Crippen LogP contribution in [0.3, 0.4) is 0 Å². The van der Waals surface area contributed by atoms with Crippen molar-refractivity contribution in [2.45, 2.75) is 39.7 Å². The molecule has 42 heavy (non-hydrogen) atoms. The lowest BCUT2D eigenvalue weighted by Crippen LogP contribution is -2.46. The van der Waals surface area contributed by atoms with Gasteiger partial charge in [-0.3, -0.25) is 14.4 Å². The maximum Gasteiger partial charge on any atom is 0.293 e. The van der Waals surface area contributed by atoms with E-state index in [1.807, 2.05) is 76.2 Å². The largest absolute Gasteiger partial charge is 0.352 e. The lowest BCUT2D eigenvalue weighted by Gasteiger charge is -2.37. The van der Waals surface area contributed by atoms with Crippen LogP contribution in [0.1, 0.15) is 53.5 Å². The predicted octanol–water partition coefficient (Wildman–Crippen LogP) is 5.02. The topological polar surface area (TPSA) is 122 Å². The molecule has 1 aromatic heterocycles. The van der Waals surface area contributed by atoms with Gasteiger partial charge in [0.05, 0.1) is 5.69 Å². The van der Waals surface area contributed by atoms with Gasteiger partial charge >= 0.3 is 0 Å². The fraction of sp³-hybridized carbons (Fsp3) is 0.273. The quantitative estimate of drug-likeness (QED) is 0.245. The van der Waals surface area contributed by atoms with E-state index < -0.39 is 5.54 Å². The number of hydrogen-bond donors (Lipinski definition) is 3. The third-order valence-electron chi connectivity index (χ3n) is 6.86. The van der Waals surface area contributed by atoms with Gasteiger partial charge in [0.1, 0.15) is 0 Å². The molecule has 0 fully saturated rings. The lowest BCUT2D eigenvalue weighted by molar-refractivity contribution is 0.0949. The number of rotatable bonds is 9. The van der Waals surface area contributed by atoms with Crippen molar-refractivity contribution in [3.05, 3.63) is 106 Å². The number of nitrogens with one attached hydrogen (secondary N) is 2. The Morgan fingerprint density at radius 1 is 0.952 bits per heavy atom. The van der Waals surface area contributed by atoms with Gasteiger partial charge in [-0.25, -0.2) is 4.98 Å². The van der Waals surface area contributed by atoms with Crippen molar-refractivity contribution in [2.24, 2.45) is 12.8 Å². The molecule has 9 heteroatoms. The van der Waals surface area contributed by atoms with Crippen molar-refractivity contribution in [3.63, 3.8) is 0 Å². The fourth-order valence-electron chi connectivity index (χ4n) is 4.69. The van der Waals surface area contributed by atoms with E-state index in [4.69, 9.17) is 10.7 Å². The zero-order valence-corrected chi connectivity index (χ0v) is 24.8. The lowest BCUT2D eigenvalue weighted by atomic mass is 9.97. The molecular weight excluding hydrogens is 528 g/mol. The molecule has 0 saturated heterocycles. The summed E-state index contributed by atoms with van der Waals surface area (Å²) in [4.78, 5) is 45.5. The number of nitrogens with two attached hydrogens (primary N) is 1. The molecule has 3 aromatic carbocycles. The summed E-state index contributed by atoms with van der Waals surface area (Å²) in [6.07, 6.45) is 2.39. The molecule has 4 aromatic rings. The van der Waals surface area contributed by atoms with Crippen LogP contribution >= 0.6 is 0 Å². The zero-order chi connectivity index (χ0) is 30.4. The molecule has 0 aliphatic heterocycles. The zero-order valence-electron chi connectivity index (χ0n) is 24.8. The van der Waals surface area contributed by atoms with Crippen LogP contribution in [0.15, 0.2) is 83.8 Å². The number of amides is 2.